The number of aliphatic imine (C=N–C) groups is 1. The van der Waals surface area contributed by atoms with Gasteiger partial charge in [-0.3, -0.25) is 19.2 Å². The van der Waals surface area contributed by atoms with E-state index in [0.29, 0.717) is 6.07 Å². The number of aliphatic hydroxyl groups is 1. The van der Waals surface area contributed by atoms with Crippen LogP contribution in [0.2, 0.25) is 0 Å². The van der Waals surface area contributed by atoms with Crippen molar-refractivity contribution in [1.29, 1.82) is 0 Å². The Labute approximate surface area is 315 Å². The fourth-order valence-corrected chi connectivity index (χ4v) is 7.27. The Morgan fingerprint density at radius 1 is 1.12 bits per heavy atom. The molecule has 11 nitrogen and oxygen atoms in total. The molecule has 0 aliphatic heterocycles. The first kappa shape index (κ1) is 40.2. The SMILES string of the molecule is Cn1nc(NS(C)(=O)=O)c2c(F)ccc(-c3ccc(C#CC(C)(C)O)nc3[C@H](Cc3cc(F)cc(F)c3)NC(=O)CN=C3C(=C(N)C(F)F)[C@H]4C[C@H]4C3(F)F)c21. The number of halogens is 7. The Hall–Kier alpha value is -5.48. The number of nitrogens with one attached hydrogen (secondary N) is 2. The lowest BCUT2D eigenvalue weighted by Gasteiger charge is -2.22. The third-order valence-corrected chi connectivity index (χ3v) is 9.65. The summed E-state index contributed by atoms with van der Waals surface area (Å²) in [6.07, 6.45) is -2.87. The van der Waals surface area contributed by atoms with E-state index >= 15 is 13.2 Å². The zero-order chi connectivity index (χ0) is 41.1. The molecular formula is C37H34F7N7O4S. The Balaban J connectivity index is 1.51. The van der Waals surface area contributed by atoms with Gasteiger partial charge < -0.3 is 16.2 Å². The summed E-state index contributed by atoms with van der Waals surface area (Å²) < 4.78 is 129. The highest BCUT2D eigenvalue weighted by Crippen LogP contribution is 2.62. The van der Waals surface area contributed by atoms with Crippen LogP contribution in [0.15, 0.2) is 58.7 Å². The fraction of sp³-hybridized carbons (Fsp3) is 0.351. The molecule has 0 bridgehead atoms. The largest absolute Gasteiger partial charge is 0.397 e. The van der Waals surface area contributed by atoms with Gasteiger partial charge in [-0.2, -0.15) is 13.9 Å². The number of aromatic nitrogens is 3. The molecule has 3 atom stereocenters. The van der Waals surface area contributed by atoms with E-state index in [1.165, 1.54) is 43.8 Å². The third kappa shape index (κ3) is 8.35. The van der Waals surface area contributed by atoms with E-state index in [-0.39, 0.29) is 57.6 Å². The molecule has 2 aromatic carbocycles. The Morgan fingerprint density at radius 2 is 1.79 bits per heavy atom. The Bertz CT molecular complexity index is 2480. The lowest BCUT2D eigenvalue weighted by molar-refractivity contribution is -0.120. The van der Waals surface area contributed by atoms with Gasteiger partial charge in [-0.1, -0.05) is 5.92 Å². The minimum absolute atomic E-state index is 0.00149. The van der Waals surface area contributed by atoms with Crippen molar-refractivity contribution >= 4 is 38.4 Å². The fourth-order valence-electron chi connectivity index (χ4n) is 6.77. The molecule has 56 heavy (non-hydrogen) atoms. The topological polar surface area (TPSA) is 165 Å². The van der Waals surface area contributed by atoms with Gasteiger partial charge in [0.2, 0.25) is 15.9 Å². The Kier molecular flexibility index (Phi) is 10.4. The molecular weight excluding hydrogens is 772 g/mol. The zero-order valence-electron chi connectivity index (χ0n) is 30.1. The first-order valence-electron chi connectivity index (χ1n) is 16.9. The van der Waals surface area contributed by atoms with E-state index in [1.54, 1.807) is 0 Å². The van der Waals surface area contributed by atoms with Crippen LogP contribution in [0, 0.1) is 41.1 Å². The average Bonchev–Trinajstić information content (AvgIpc) is 3.76. The lowest BCUT2D eigenvalue weighted by atomic mass is 9.93. The van der Waals surface area contributed by atoms with Gasteiger partial charge in [0, 0.05) is 35.7 Å². The number of nitrogens with two attached hydrogens (primary N) is 1. The number of sulfonamides is 1. The van der Waals surface area contributed by atoms with Gasteiger partial charge >= 0.3 is 0 Å². The summed E-state index contributed by atoms with van der Waals surface area (Å²) >= 11 is 0. The highest BCUT2D eigenvalue weighted by Gasteiger charge is 2.67. The maximum atomic E-state index is 15.4. The van der Waals surface area contributed by atoms with Gasteiger partial charge in [-0.15, -0.1) is 0 Å². The average molecular weight is 806 g/mol. The molecule has 2 aromatic heterocycles. The van der Waals surface area contributed by atoms with Crippen LogP contribution in [0.1, 0.15) is 43.3 Å². The second-order valence-corrected chi connectivity index (χ2v) is 15.9. The predicted molar refractivity (Wildman–Crippen MR) is 193 cm³/mol. The maximum Gasteiger partial charge on any atom is 0.292 e. The summed E-state index contributed by atoms with van der Waals surface area (Å²) in [7, 11) is -2.52. The minimum Gasteiger partial charge on any atom is -0.397 e. The molecule has 2 aliphatic carbocycles. The van der Waals surface area contributed by atoms with Crippen molar-refractivity contribution in [1.82, 2.24) is 20.1 Å². The van der Waals surface area contributed by atoms with Crippen molar-refractivity contribution in [3.8, 4) is 23.0 Å². The molecule has 1 amide bonds. The molecule has 2 heterocycles. The van der Waals surface area contributed by atoms with Crippen LogP contribution in [-0.4, -0.2) is 70.7 Å². The molecule has 0 unspecified atom stereocenters. The second kappa shape index (κ2) is 14.5. The van der Waals surface area contributed by atoms with Crippen LogP contribution in [0.4, 0.5) is 36.6 Å². The third-order valence-electron chi connectivity index (χ3n) is 9.08. The van der Waals surface area contributed by atoms with Crippen LogP contribution in [-0.2, 0) is 28.3 Å². The molecule has 6 rings (SSSR count). The molecule has 0 saturated heterocycles. The number of hydrogen-bond donors (Lipinski definition) is 4. The summed E-state index contributed by atoms with van der Waals surface area (Å²) in [4.78, 5) is 22.0. The van der Waals surface area contributed by atoms with Crippen molar-refractivity contribution in [2.45, 2.75) is 50.7 Å². The number of allylic oxidation sites excluding steroid dienone is 2. The first-order valence-corrected chi connectivity index (χ1v) is 18.8. The monoisotopic (exact) mass is 805 g/mol. The molecule has 0 radical (unpaired) electrons. The van der Waals surface area contributed by atoms with Crippen molar-refractivity contribution in [3.63, 3.8) is 0 Å². The lowest BCUT2D eigenvalue weighted by Crippen LogP contribution is -2.35. The smallest absolute Gasteiger partial charge is 0.292 e. The summed E-state index contributed by atoms with van der Waals surface area (Å²) in [5.74, 6) is -4.72. The number of carbonyl (C=O) groups is 1. The molecule has 2 saturated carbocycles. The highest BCUT2D eigenvalue weighted by molar-refractivity contribution is 7.92. The summed E-state index contributed by atoms with van der Waals surface area (Å²) in [5, 5.41) is 16.8. The van der Waals surface area contributed by atoms with Gasteiger partial charge in [0.25, 0.3) is 12.3 Å². The number of aryl methyl sites for hydroxylation is 1. The maximum absolute atomic E-state index is 15.4. The quantitative estimate of drug-likeness (QED) is 0.127. The van der Waals surface area contributed by atoms with Crippen LogP contribution in [0.3, 0.4) is 0 Å². The number of nitrogens with zero attached hydrogens (tertiary/aromatic N) is 4. The van der Waals surface area contributed by atoms with Crippen molar-refractivity contribution in [2.75, 3.05) is 17.5 Å². The first-order chi connectivity index (χ1) is 26.0. The van der Waals surface area contributed by atoms with E-state index in [9.17, 15) is 35.9 Å². The molecule has 0 spiro atoms. The van der Waals surface area contributed by atoms with Crippen molar-refractivity contribution < 1.29 is 49.1 Å². The Morgan fingerprint density at radius 3 is 2.41 bits per heavy atom. The van der Waals surface area contributed by atoms with Gasteiger partial charge in [0.05, 0.1) is 34.6 Å². The van der Waals surface area contributed by atoms with Crippen molar-refractivity contribution in [3.05, 3.63) is 88.1 Å². The molecule has 5 N–H and O–H groups in total. The standard InChI is InChI=1S/C37H34F7N7O4S/c1-36(2,53)10-9-20-5-6-21(22-7-8-25(40)29-32(22)51(3)49-35(29)50-56(4,54)55)31(47-20)26(13-17-11-18(38)14-19(39)12-17)48-27(52)16-46-33-28(30(45)34(41)42)23-15-24(23)37(33,43)44/h5-8,11-12,14,23-24,26,34,53H,13,15-16,45H2,1-4H3,(H,48,52)(H,49,50)/t23-,24+,26-/m0/s1. The number of anilines is 1. The summed E-state index contributed by atoms with van der Waals surface area (Å²) in [6.45, 7) is 1.81. The number of rotatable bonds is 10. The number of carbonyl (C=O) groups excluding carboxylic acids is 1. The highest BCUT2D eigenvalue weighted by atomic mass is 32.2. The minimum atomic E-state index is -3.94. The van der Waals surface area contributed by atoms with E-state index in [2.05, 4.69) is 37.0 Å². The number of amides is 1. The molecule has 19 heteroatoms. The van der Waals surface area contributed by atoms with Gasteiger partial charge in [0.15, 0.2) is 5.82 Å². The van der Waals surface area contributed by atoms with Crippen LogP contribution in [0.5, 0.6) is 0 Å². The number of pyridine rings is 1. The molecule has 4 aromatic rings. The molecule has 2 fully saturated rings. The van der Waals surface area contributed by atoms with E-state index in [1.807, 2.05) is 0 Å². The van der Waals surface area contributed by atoms with Gasteiger partial charge in [-0.05, 0) is 80.5 Å². The number of benzene rings is 2. The zero-order valence-corrected chi connectivity index (χ0v) is 30.9. The van der Waals surface area contributed by atoms with Gasteiger partial charge in [-0.25, -0.2) is 35.4 Å². The summed E-state index contributed by atoms with van der Waals surface area (Å²) in [5.41, 5.74) is 1.80. The summed E-state index contributed by atoms with van der Waals surface area (Å²) in [6, 6.07) is 6.48. The molecule has 2 aliphatic rings. The van der Waals surface area contributed by atoms with Gasteiger partial charge in [0.1, 0.15) is 41.0 Å². The van der Waals surface area contributed by atoms with E-state index < -0.39 is 92.7 Å². The number of hydrogen-bond acceptors (Lipinski definition) is 8. The second-order valence-electron chi connectivity index (χ2n) is 14.1. The van der Waals surface area contributed by atoms with E-state index in [0.717, 1.165) is 24.5 Å². The van der Waals surface area contributed by atoms with Crippen LogP contribution >= 0.6 is 0 Å². The predicted octanol–water partition coefficient (Wildman–Crippen LogP) is 5.15. The normalized spacial score (nSPS) is 19.8. The van der Waals surface area contributed by atoms with Crippen LogP contribution < -0.4 is 15.8 Å². The number of alkyl halides is 4. The van der Waals surface area contributed by atoms with Crippen LogP contribution in [0.25, 0.3) is 22.0 Å². The van der Waals surface area contributed by atoms with E-state index in [4.69, 9.17) is 5.73 Å². The van der Waals surface area contributed by atoms with Crippen molar-refractivity contribution in [2.24, 2.45) is 29.6 Å². The molecule has 296 valence electrons. The number of fused-ring (bicyclic) bond motifs is 2.